The molecule has 0 aromatic heterocycles. The number of carbonyl (C=O) groups is 2. The number of amides is 2. The van der Waals surface area contributed by atoms with E-state index in [2.05, 4.69) is 10.1 Å². The van der Waals surface area contributed by atoms with Crippen molar-refractivity contribution < 1.29 is 27.5 Å². The fraction of sp³-hybridized carbons (Fsp3) is 0.222. The monoisotopic (exact) mass is 364 g/mol. The van der Waals surface area contributed by atoms with Gasteiger partial charge in [-0.25, -0.2) is 0 Å². The molecule has 0 aliphatic carbocycles. The average Bonchev–Trinajstić information content (AvgIpc) is 2.84. The van der Waals surface area contributed by atoms with Crippen molar-refractivity contribution in [3.63, 3.8) is 0 Å². The highest BCUT2D eigenvalue weighted by Gasteiger charge is 2.38. The normalized spacial score (nSPS) is 17.5. The number of hydrogen-bond donors (Lipinski definition) is 1. The van der Waals surface area contributed by atoms with E-state index >= 15 is 0 Å². The van der Waals surface area contributed by atoms with Crippen LogP contribution >= 0.6 is 0 Å². The molecule has 1 atom stereocenters. The first-order valence-corrected chi connectivity index (χ1v) is 7.82. The molecule has 5 nitrogen and oxygen atoms in total. The smallest absolute Gasteiger partial charge is 0.406 e. The second kappa shape index (κ2) is 7.07. The number of alkyl halides is 3. The second-order valence-corrected chi connectivity index (χ2v) is 5.78. The van der Waals surface area contributed by atoms with Gasteiger partial charge >= 0.3 is 6.36 Å². The molecule has 0 spiro atoms. The maximum atomic E-state index is 12.4. The minimum atomic E-state index is -4.76. The standard InChI is InChI=1S/C18H15F3N2O3/c19-18(20,21)26-14-8-6-13(7-9-14)22-15-10-16(24)23(17(15)25)11-12-4-2-1-3-5-12/h1-9,15,22H,10-11H2/t15-/m1/s1. The van der Waals surface area contributed by atoms with E-state index in [9.17, 15) is 22.8 Å². The third kappa shape index (κ3) is 4.33. The van der Waals surface area contributed by atoms with Crippen LogP contribution in [0.3, 0.4) is 0 Å². The Morgan fingerprint density at radius 1 is 1.04 bits per heavy atom. The number of nitrogens with zero attached hydrogens (tertiary/aromatic N) is 1. The molecular weight excluding hydrogens is 349 g/mol. The van der Waals surface area contributed by atoms with Gasteiger partial charge in [-0.05, 0) is 29.8 Å². The largest absolute Gasteiger partial charge is 0.573 e. The van der Waals surface area contributed by atoms with Crippen LogP contribution < -0.4 is 10.1 Å². The van der Waals surface area contributed by atoms with Crippen LogP contribution in [0.1, 0.15) is 12.0 Å². The number of carbonyl (C=O) groups excluding carboxylic acids is 2. The van der Waals surface area contributed by atoms with Gasteiger partial charge in [0.2, 0.25) is 5.91 Å². The SMILES string of the molecule is O=C1C[C@@H](Nc2ccc(OC(F)(F)F)cc2)C(=O)N1Cc1ccccc1. The lowest BCUT2D eigenvalue weighted by Crippen LogP contribution is -2.34. The molecule has 3 rings (SSSR count). The predicted octanol–water partition coefficient (Wildman–Crippen LogP) is 3.32. The molecule has 0 bridgehead atoms. The average molecular weight is 364 g/mol. The van der Waals surface area contributed by atoms with Crippen LogP contribution in [0.5, 0.6) is 5.75 Å². The van der Waals surface area contributed by atoms with Gasteiger partial charge in [0.25, 0.3) is 5.91 Å². The molecule has 136 valence electrons. The minimum absolute atomic E-state index is 0.00747. The van der Waals surface area contributed by atoms with E-state index in [1.54, 1.807) is 0 Å². The summed E-state index contributed by atoms with van der Waals surface area (Å²) < 4.78 is 40.3. The lowest BCUT2D eigenvalue weighted by Gasteiger charge is -2.16. The Bertz CT molecular complexity index is 792. The first-order valence-electron chi connectivity index (χ1n) is 7.82. The topological polar surface area (TPSA) is 58.6 Å². The van der Waals surface area contributed by atoms with Gasteiger partial charge in [-0.1, -0.05) is 30.3 Å². The molecule has 1 fully saturated rings. The fourth-order valence-corrected chi connectivity index (χ4v) is 2.68. The summed E-state index contributed by atoms with van der Waals surface area (Å²) >= 11 is 0. The Labute approximate surface area is 147 Å². The van der Waals surface area contributed by atoms with E-state index in [0.29, 0.717) is 5.69 Å². The Morgan fingerprint density at radius 3 is 2.31 bits per heavy atom. The molecule has 2 aromatic carbocycles. The molecule has 1 saturated heterocycles. The molecular formula is C18H15F3N2O3. The Morgan fingerprint density at radius 2 is 1.69 bits per heavy atom. The number of imide groups is 1. The van der Waals surface area contributed by atoms with Gasteiger partial charge in [-0.3, -0.25) is 14.5 Å². The van der Waals surface area contributed by atoms with Gasteiger partial charge in [0.15, 0.2) is 0 Å². The number of halogens is 3. The van der Waals surface area contributed by atoms with Crippen molar-refractivity contribution in [2.24, 2.45) is 0 Å². The summed E-state index contributed by atoms with van der Waals surface area (Å²) in [5.41, 5.74) is 1.26. The van der Waals surface area contributed by atoms with Gasteiger partial charge < -0.3 is 10.1 Å². The summed E-state index contributed by atoms with van der Waals surface area (Å²) in [6.45, 7) is 0.190. The van der Waals surface area contributed by atoms with Crippen molar-refractivity contribution in [1.82, 2.24) is 4.90 Å². The van der Waals surface area contributed by atoms with Crippen LogP contribution in [0.4, 0.5) is 18.9 Å². The van der Waals surface area contributed by atoms with E-state index in [0.717, 1.165) is 17.7 Å². The highest BCUT2D eigenvalue weighted by atomic mass is 19.4. The summed E-state index contributed by atoms with van der Waals surface area (Å²) in [5, 5.41) is 2.88. The van der Waals surface area contributed by atoms with Gasteiger partial charge in [-0.2, -0.15) is 0 Å². The summed E-state index contributed by atoms with van der Waals surface area (Å²) in [6.07, 6.45) is -4.77. The molecule has 1 N–H and O–H groups in total. The highest BCUT2D eigenvalue weighted by Crippen LogP contribution is 2.25. The van der Waals surface area contributed by atoms with Gasteiger partial charge in [0.05, 0.1) is 13.0 Å². The van der Waals surface area contributed by atoms with E-state index < -0.39 is 12.4 Å². The summed E-state index contributed by atoms with van der Waals surface area (Å²) in [7, 11) is 0. The fourth-order valence-electron chi connectivity index (χ4n) is 2.68. The zero-order valence-electron chi connectivity index (χ0n) is 13.5. The van der Waals surface area contributed by atoms with E-state index in [1.807, 2.05) is 30.3 Å². The van der Waals surface area contributed by atoms with Gasteiger partial charge in [-0.15, -0.1) is 13.2 Å². The third-order valence-corrected chi connectivity index (χ3v) is 3.86. The maximum Gasteiger partial charge on any atom is 0.573 e. The number of hydrogen-bond acceptors (Lipinski definition) is 4. The molecule has 0 unspecified atom stereocenters. The molecule has 0 radical (unpaired) electrons. The number of likely N-dealkylation sites (tertiary alicyclic amines) is 1. The summed E-state index contributed by atoms with van der Waals surface area (Å²) in [6, 6.07) is 13.4. The Balaban J connectivity index is 1.63. The van der Waals surface area contributed by atoms with Gasteiger partial charge in [0.1, 0.15) is 11.8 Å². The second-order valence-electron chi connectivity index (χ2n) is 5.78. The first kappa shape index (κ1) is 17.8. The number of ether oxygens (including phenoxy) is 1. The lowest BCUT2D eigenvalue weighted by atomic mass is 10.2. The van der Waals surface area contributed by atoms with Crippen LogP contribution in [-0.4, -0.2) is 29.1 Å². The van der Waals surface area contributed by atoms with Crippen molar-refractivity contribution >= 4 is 17.5 Å². The molecule has 1 aliphatic rings. The highest BCUT2D eigenvalue weighted by molar-refractivity contribution is 6.06. The number of rotatable bonds is 5. The zero-order chi connectivity index (χ0) is 18.7. The van der Waals surface area contributed by atoms with E-state index in [-0.39, 0.29) is 30.5 Å². The van der Waals surface area contributed by atoms with Crippen molar-refractivity contribution in [2.75, 3.05) is 5.32 Å². The zero-order valence-corrected chi connectivity index (χ0v) is 13.5. The molecule has 26 heavy (non-hydrogen) atoms. The van der Waals surface area contributed by atoms with Crippen molar-refractivity contribution in [3.8, 4) is 5.75 Å². The predicted molar refractivity (Wildman–Crippen MR) is 87.2 cm³/mol. The Hall–Kier alpha value is -3.03. The summed E-state index contributed by atoms with van der Waals surface area (Å²) in [4.78, 5) is 25.7. The molecule has 0 saturated carbocycles. The Kier molecular flexibility index (Phi) is 4.83. The van der Waals surface area contributed by atoms with Crippen LogP contribution in [0.25, 0.3) is 0 Å². The van der Waals surface area contributed by atoms with Crippen molar-refractivity contribution in [3.05, 3.63) is 60.2 Å². The van der Waals surface area contributed by atoms with Crippen LogP contribution in [0.2, 0.25) is 0 Å². The van der Waals surface area contributed by atoms with E-state index in [4.69, 9.17) is 0 Å². The van der Waals surface area contributed by atoms with Crippen LogP contribution in [0.15, 0.2) is 54.6 Å². The van der Waals surface area contributed by atoms with E-state index in [1.165, 1.54) is 17.0 Å². The van der Waals surface area contributed by atoms with Crippen LogP contribution in [0, 0.1) is 0 Å². The molecule has 2 aromatic rings. The molecule has 2 amide bonds. The van der Waals surface area contributed by atoms with Crippen molar-refractivity contribution in [1.29, 1.82) is 0 Å². The molecule has 8 heteroatoms. The number of benzene rings is 2. The molecule has 1 heterocycles. The molecule has 1 aliphatic heterocycles. The number of nitrogens with one attached hydrogen (secondary N) is 1. The number of anilines is 1. The quantitative estimate of drug-likeness (QED) is 0.827. The lowest BCUT2D eigenvalue weighted by molar-refractivity contribution is -0.274. The third-order valence-electron chi connectivity index (χ3n) is 3.86. The summed E-state index contributed by atoms with van der Waals surface area (Å²) in [5.74, 6) is -1.02. The maximum absolute atomic E-state index is 12.4. The van der Waals surface area contributed by atoms with Gasteiger partial charge in [0, 0.05) is 5.69 Å². The van der Waals surface area contributed by atoms with Crippen molar-refractivity contribution in [2.45, 2.75) is 25.4 Å². The van der Waals surface area contributed by atoms with Crippen LogP contribution in [-0.2, 0) is 16.1 Å². The minimum Gasteiger partial charge on any atom is -0.406 e. The first-order chi connectivity index (χ1) is 12.3.